The first-order valence-electron chi connectivity index (χ1n) is 4.70. The van der Waals surface area contributed by atoms with Crippen molar-refractivity contribution in [1.29, 1.82) is 0 Å². The number of halogens is 1. The summed E-state index contributed by atoms with van der Waals surface area (Å²) < 4.78 is 18.8. The molecule has 0 radical (unpaired) electrons. The predicted octanol–water partition coefficient (Wildman–Crippen LogP) is 2.34. The van der Waals surface area contributed by atoms with Gasteiger partial charge in [-0.2, -0.15) is 0 Å². The molecule has 16 heavy (non-hydrogen) atoms. The van der Waals surface area contributed by atoms with Crippen LogP contribution >= 0.6 is 11.3 Å². The van der Waals surface area contributed by atoms with Gasteiger partial charge in [0.2, 0.25) is 0 Å². The van der Waals surface area contributed by atoms with Gasteiger partial charge in [0.25, 0.3) is 0 Å². The molecule has 0 amide bonds. The minimum atomic E-state index is -0.498. The lowest BCUT2D eigenvalue weighted by Crippen LogP contribution is -2.12. The Morgan fingerprint density at radius 3 is 2.94 bits per heavy atom. The number of benzene rings is 1. The van der Waals surface area contributed by atoms with Crippen molar-refractivity contribution in [3.8, 4) is 5.75 Å². The molecular weight excluding hydrogens is 227 g/mol. The zero-order chi connectivity index (χ0) is 11.5. The summed E-state index contributed by atoms with van der Waals surface area (Å²) in [6, 6.07) is 4.45. The molecule has 0 spiro atoms. The fraction of sp³-hybridized carbons (Fsp3) is 0.182. The maximum atomic E-state index is 13.9. The van der Waals surface area contributed by atoms with Crippen LogP contribution in [-0.2, 0) is 0 Å². The molecule has 2 N–H and O–H groups in total. The average molecular weight is 238 g/mol. The van der Waals surface area contributed by atoms with E-state index in [9.17, 15) is 4.39 Å². The molecule has 84 valence electrons. The summed E-state index contributed by atoms with van der Waals surface area (Å²) in [6.07, 6.45) is 1.65. The molecule has 1 aromatic heterocycles. The molecule has 0 aliphatic carbocycles. The average Bonchev–Trinajstić information content (AvgIpc) is 2.82. The fourth-order valence-electron chi connectivity index (χ4n) is 1.46. The van der Waals surface area contributed by atoms with E-state index >= 15 is 0 Å². The summed E-state index contributed by atoms with van der Waals surface area (Å²) in [6.45, 7) is 0. The first-order valence-corrected chi connectivity index (χ1v) is 5.58. The molecule has 0 aliphatic rings. The van der Waals surface area contributed by atoms with E-state index in [1.807, 2.05) is 0 Å². The normalized spacial score (nSPS) is 12.4. The van der Waals surface area contributed by atoms with Crippen LogP contribution in [0.2, 0.25) is 0 Å². The summed E-state index contributed by atoms with van der Waals surface area (Å²) in [5.41, 5.74) is 8.05. The second-order valence-corrected chi connectivity index (χ2v) is 4.16. The smallest absolute Gasteiger partial charge is 0.170 e. The maximum Gasteiger partial charge on any atom is 0.170 e. The minimum absolute atomic E-state index is 0.206. The number of aromatic nitrogens is 1. The van der Waals surface area contributed by atoms with Crippen molar-refractivity contribution in [2.24, 2.45) is 5.73 Å². The van der Waals surface area contributed by atoms with Crippen molar-refractivity contribution in [2.75, 3.05) is 7.11 Å². The number of thiazole rings is 1. The summed E-state index contributed by atoms with van der Waals surface area (Å²) >= 11 is 1.40. The number of methoxy groups -OCH3 is 1. The summed E-state index contributed by atoms with van der Waals surface area (Å²) in [5.74, 6) is -0.205. The van der Waals surface area contributed by atoms with E-state index in [1.165, 1.54) is 18.4 Å². The highest BCUT2D eigenvalue weighted by atomic mass is 32.1. The molecule has 0 saturated heterocycles. The van der Waals surface area contributed by atoms with Gasteiger partial charge >= 0.3 is 0 Å². The lowest BCUT2D eigenvalue weighted by Gasteiger charge is -2.12. The quantitative estimate of drug-likeness (QED) is 0.892. The van der Waals surface area contributed by atoms with Crippen LogP contribution in [-0.4, -0.2) is 12.1 Å². The molecule has 2 aromatic rings. The van der Waals surface area contributed by atoms with Crippen LogP contribution in [0.5, 0.6) is 5.75 Å². The zero-order valence-corrected chi connectivity index (χ0v) is 9.50. The number of nitrogens with zero attached hydrogens (tertiary/aromatic N) is 1. The SMILES string of the molecule is COc1cccc(C(N)c2cncs2)c1F. The first kappa shape index (κ1) is 11.0. The summed E-state index contributed by atoms with van der Waals surface area (Å²) in [4.78, 5) is 4.75. The van der Waals surface area contributed by atoms with Gasteiger partial charge in [-0.15, -0.1) is 11.3 Å². The number of hydrogen-bond donors (Lipinski definition) is 1. The largest absolute Gasteiger partial charge is 0.494 e. The molecule has 5 heteroatoms. The Kier molecular flexibility index (Phi) is 3.17. The van der Waals surface area contributed by atoms with Crippen molar-refractivity contribution in [2.45, 2.75) is 6.04 Å². The van der Waals surface area contributed by atoms with E-state index < -0.39 is 11.9 Å². The molecule has 3 nitrogen and oxygen atoms in total. The Hall–Kier alpha value is -1.46. The van der Waals surface area contributed by atoms with Gasteiger partial charge in [0.05, 0.1) is 18.7 Å². The van der Waals surface area contributed by atoms with Crippen molar-refractivity contribution >= 4 is 11.3 Å². The van der Waals surface area contributed by atoms with Gasteiger partial charge in [0.15, 0.2) is 11.6 Å². The van der Waals surface area contributed by atoms with Crippen LogP contribution < -0.4 is 10.5 Å². The minimum Gasteiger partial charge on any atom is -0.494 e. The van der Waals surface area contributed by atoms with Crippen molar-refractivity contribution in [3.05, 3.63) is 46.2 Å². The number of ether oxygens (including phenoxy) is 1. The molecule has 0 saturated carbocycles. The lowest BCUT2D eigenvalue weighted by molar-refractivity contribution is 0.383. The van der Waals surface area contributed by atoms with Crippen LogP contribution in [0.15, 0.2) is 29.9 Å². The third kappa shape index (κ3) is 1.91. The van der Waals surface area contributed by atoms with E-state index in [2.05, 4.69) is 4.98 Å². The monoisotopic (exact) mass is 238 g/mol. The molecule has 0 bridgehead atoms. The molecule has 1 atom stereocenters. The number of rotatable bonds is 3. The van der Waals surface area contributed by atoms with Crippen LogP contribution in [0.4, 0.5) is 4.39 Å². The third-order valence-electron chi connectivity index (χ3n) is 2.31. The van der Waals surface area contributed by atoms with Gasteiger partial charge in [-0.1, -0.05) is 12.1 Å². The van der Waals surface area contributed by atoms with Crippen molar-refractivity contribution in [3.63, 3.8) is 0 Å². The zero-order valence-electron chi connectivity index (χ0n) is 8.68. The Morgan fingerprint density at radius 1 is 1.50 bits per heavy atom. The van der Waals surface area contributed by atoms with Gasteiger partial charge < -0.3 is 10.5 Å². The van der Waals surface area contributed by atoms with E-state index in [0.717, 1.165) is 4.88 Å². The molecule has 1 heterocycles. The summed E-state index contributed by atoms with van der Waals surface area (Å²) in [7, 11) is 1.43. The van der Waals surface area contributed by atoms with E-state index in [1.54, 1.807) is 29.9 Å². The van der Waals surface area contributed by atoms with E-state index in [-0.39, 0.29) is 5.75 Å². The highest BCUT2D eigenvalue weighted by Gasteiger charge is 2.17. The molecule has 1 aromatic carbocycles. The number of hydrogen-bond acceptors (Lipinski definition) is 4. The lowest BCUT2D eigenvalue weighted by atomic mass is 10.1. The van der Waals surface area contributed by atoms with Gasteiger partial charge in [0.1, 0.15) is 0 Å². The van der Waals surface area contributed by atoms with E-state index in [4.69, 9.17) is 10.5 Å². The Morgan fingerprint density at radius 2 is 2.31 bits per heavy atom. The molecule has 1 unspecified atom stereocenters. The van der Waals surface area contributed by atoms with Gasteiger partial charge in [-0.3, -0.25) is 4.98 Å². The fourth-order valence-corrected chi connectivity index (χ4v) is 2.10. The van der Waals surface area contributed by atoms with Gasteiger partial charge in [-0.25, -0.2) is 4.39 Å². The summed E-state index contributed by atoms with van der Waals surface area (Å²) in [5, 5.41) is 0. The molecule has 0 fully saturated rings. The van der Waals surface area contributed by atoms with Crippen LogP contribution in [0.3, 0.4) is 0 Å². The number of nitrogens with two attached hydrogens (primary N) is 1. The van der Waals surface area contributed by atoms with Gasteiger partial charge in [-0.05, 0) is 6.07 Å². The van der Waals surface area contributed by atoms with E-state index in [0.29, 0.717) is 5.56 Å². The highest BCUT2D eigenvalue weighted by molar-refractivity contribution is 7.09. The van der Waals surface area contributed by atoms with Crippen molar-refractivity contribution in [1.82, 2.24) is 4.98 Å². The molecule has 0 aliphatic heterocycles. The third-order valence-corrected chi connectivity index (χ3v) is 3.16. The van der Waals surface area contributed by atoms with Crippen LogP contribution in [0, 0.1) is 5.82 Å². The van der Waals surface area contributed by atoms with Crippen LogP contribution in [0.25, 0.3) is 0 Å². The topological polar surface area (TPSA) is 48.1 Å². The van der Waals surface area contributed by atoms with Crippen LogP contribution in [0.1, 0.15) is 16.5 Å². The standard InChI is InChI=1S/C11H11FN2OS/c1-15-8-4-2-3-7(10(8)12)11(13)9-5-14-6-16-9/h2-6,11H,13H2,1H3. The highest BCUT2D eigenvalue weighted by Crippen LogP contribution is 2.28. The molecular formula is C11H11FN2OS. The predicted molar refractivity (Wildman–Crippen MR) is 61.1 cm³/mol. The van der Waals surface area contributed by atoms with Crippen molar-refractivity contribution < 1.29 is 9.13 Å². The van der Waals surface area contributed by atoms with Gasteiger partial charge in [0, 0.05) is 16.6 Å². The second kappa shape index (κ2) is 4.59. The first-order chi connectivity index (χ1) is 7.74. The maximum absolute atomic E-state index is 13.9. The Labute approximate surface area is 96.7 Å². The Bertz CT molecular complexity index is 473. The Balaban J connectivity index is 2.41. The molecule has 2 rings (SSSR count). The second-order valence-electron chi connectivity index (χ2n) is 3.24.